The summed E-state index contributed by atoms with van der Waals surface area (Å²) in [5.74, 6) is 0.914. The predicted octanol–water partition coefficient (Wildman–Crippen LogP) is 11.4. The Balaban J connectivity index is 1.08. The summed E-state index contributed by atoms with van der Waals surface area (Å²) < 4.78 is 2.32. The van der Waals surface area contributed by atoms with E-state index in [-0.39, 0.29) is 0 Å². The zero-order valence-electron chi connectivity index (χ0n) is 27.9. The number of hydrogen-bond donors (Lipinski definition) is 0. The van der Waals surface area contributed by atoms with Gasteiger partial charge < -0.3 is 0 Å². The monoisotopic (exact) mass is 652 g/mol. The third kappa shape index (κ3) is 4.87. The number of benzene rings is 6. The molecule has 4 heterocycles. The van der Waals surface area contributed by atoms with Gasteiger partial charge in [-0.05, 0) is 80.2 Å². The topological polar surface area (TPSA) is 43.1 Å². The second-order valence-corrected chi connectivity index (χ2v) is 13.1. The standard InChI is InChI=1S/C47H32N4/c1-2-11-32(12-3-1)46-35-13-4-6-15-37(35)47(38-16-7-5-14-36(38)46)33-22-20-31(21-23-33)42-18-10-19-45(50-42)51-43-25-24-34(41-17-8-9-27-49-41)29-39(43)40-30-48-28-26-44(40)51/h1-25,27,29-30H,26,28H2. The van der Waals surface area contributed by atoms with Gasteiger partial charge in [0.25, 0.3) is 0 Å². The van der Waals surface area contributed by atoms with Crippen molar-refractivity contribution < 1.29 is 0 Å². The molecule has 3 aromatic heterocycles. The van der Waals surface area contributed by atoms with Crippen molar-refractivity contribution >= 4 is 38.7 Å². The van der Waals surface area contributed by atoms with Crippen LogP contribution in [0.15, 0.2) is 169 Å². The van der Waals surface area contributed by atoms with Gasteiger partial charge in [0.1, 0.15) is 5.82 Å². The smallest absolute Gasteiger partial charge is 0.138 e. The van der Waals surface area contributed by atoms with E-state index in [4.69, 9.17) is 4.98 Å². The van der Waals surface area contributed by atoms with Crippen LogP contribution in [0.2, 0.25) is 0 Å². The van der Waals surface area contributed by atoms with Crippen LogP contribution in [-0.2, 0) is 6.42 Å². The molecule has 0 atom stereocenters. The summed E-state index contributed by atoms with van der Waals surface area (Å²) in [5.41, 5.74) is 12.6. The first kappa shape index (κ1) is 29.3. The molecule has 1 aliphatic heterocycles. The molecule has 4 nitrogen and oxygen atoms in total. The van der Waals surface area contributed by atoms with E-state index < -0.39 is 0 Å². The van der Waals surface area contributed by atoms with Crippen LogP contribution in [0.4, 0.5) is 0 Å². The Bertz CT molecular complexity index is 2720. The molecule has 0 radical (unpaired) electrons. The number of rotatable bonds is 5. The molecule has 0 unspecified atom stereocenters. The Kier molecular flexibility index (Phi) is 6.91. The summed E-state index contributed by atoms with van der Waals surface area (Å²) >= 11 is 0. The summed E-state index contributed by atoms with van der Waals surface area (Å²) in [4.78, 5) is 14.5. The van der Waals surface area contributed by atoms with Crippen molar-refractivity contribution in [2.75, 3.05) is 6.54 Å². The molecule has 0 spiro atoms. The minimum absolute atomic E-state index is 0.771. The van der Waals surface area contributed by atoms with Crippen molar-refractivity contribution in [3.8, 4) is 50.6 Å². The van der Waals surface area contributed by atoms with E-state index in [0.717, 1.165) is 46.8 Å². The van der Waals surface area contributed by atoms with Crippen molar-refractivity contribution in [1.82, 2.24) is 14.5 Å². The van der Waals surface area contributed by atoms with E-state index in [2.05, 4.69) is 160 Å². The maximum Gasteiger partial charge on any atom is 0.138 e. The minimum atomic E-state index is 0.771. The highest BCUT2D eigenvalue weighted by Gasteiger charge is 2.21. The molecule has 0 aliphatic carbocycles. The van der Waals surface area contributed by atoms with Crippen LogP contribution in [0.5, 0.6) is 0 Å². The van der Waals surface area contributed by atoms with Gasteiger partial charge in [-0.3, -0.25) is 14.5 Å². The van der Waals surface area contributed by atoms with Crippen molar-refractivity contribution in [1.29, 1.82) is 0 Å². The summed E-state index contributed by atoms with van der Waals surface area (Å²) in [6.07, 6.45) is 4.74. The van der Waals surface area contributed by atoms with E-state index >= 15 is 0 Å². The maximum absolute atomic E-state index is 5.28. The van der Waals surface area contributed by atoms with Crippen LogP contribution in [0, 0.1) is 0 Å². The molecule has 0 saturated carbocycles. The Morgan fingerprint density at radius 2 is 1.08 bits per heavy atom. The molecule has 0 N–H and O–H groups in total. The van der Waals surface area contributed by atoms with Crippen LogP contribution in [0.25, 0.3) is 83.0 Å². The average molecular weight is 653 g/mol. The van der Waals surface area contributed by atoms with Crippen LogP contribution in [-0.4, -0.2) is 27.3 Å². The Morgan fingerprint density at radius 3 is 1.76 bits per heavy atom. The maximum atomic E-state index is 5.28. The number of hydrogen-bond acceptors (Lipinski definition) is 3. The van der Waals surface area contributed by atoms with Crippen molar-refractivity contribution in [3.63, 3.8) is 0 Å². The normalized spacial score (nSPS) is 12.5. The highest BCUT2D eigenvalue weighted by Crippen LogP contribution is 2.44. The Labute approximate surface area is 296 Å². The predicted molar refractivity (Wildman–Crippen MR) is 212 cm³/mol. The van der Waals surface area contributed by atoms with Gasteiger partial charge in [0, 0.05) is 53.1 Å². The lowest BCUT2D eigenvalue weighted by molar-refractivity contribution is 0.861. The lowest BCUT2D eigenvalue weighted by Crippen LogP contribution is -2.09. The second kappa shape index (κ2) is 12.0. The van der Waals surface area contributed by atoms with Crippen LogP contribution < -0.4 is 0 Å². The summed E-state index contributed by atoms with van der Waals surface area (Å²) in [6.45, 7) is 0.771. The first-order valence-corrected chi connectivity index (χ1v) is 17.5. The molecular formula is C47H32N4. The lowest BCUT2D eigenvalue weighted by Gasteiger charge is -2.18. The molecule has 0 saturated heterocycles. The highest BCUT2D eigenvalue weighted by molar-refractivity contribution is 6.21. The quantitative estimate of drug-likeness (QED) is 0.174. The summed E-state index contributed by atoms with van der Waals surface area (Å²) in [7, 11) is 0. The average Bonchev–Trinajstić information content (AvgIpc) is 3.54. The molecule has 51 heavy (non-hydrogen) atoms. The van der Waals surface area contributed by atoms with Gasteiger partial charge in [-0.1, -0.05) is 121 Å². The first-order valence-electron chi connectivity index (χ1n) is 17.5. The fourth-order valence-corrected chi connectivity index (χ4v) is 7.91. The fourth-order valence-electron chi connectivity index (χ4n) is 7.91. The minimum Gasteiger partial charge on any atom is -0.297 e. The summed E-state index contributed by atoms with van der Waals surface area (Å²) in [5, 5.41) is 6.19. The zero-order valence-corrected chi connectivity index (χ0v) is 27.9. The van der Waals surface area contributed by atoms with Gasteiger partial charge in [0.05, 0.1) is 16.9 Å². The van der Waals surface area contributed by atoms with Gasteiger partial charge in [-0.2, -0.15) is 0 Å². The molecule has 0 amide bonds. The molecule has 1 aliphatic rings. The van der Waals surface area contributed by atoms with E-state index in [0.29, 0.717) is 0 Å². The second-order valence-electron chi connectivity index (χ2n) is 13.1. The zero-order chi connectivity index (χ0) is 33.7. The SMILES string of the molecule is C1=NCCc2c1c1cc(-c3ccccn3)ccc1n2-c1cccc(-c2ccc(-c3c4ccccc4c(-c4ccccc4)c4ccccc34)cc2)n1. The van der Waals surface area contributed by atoms with E-state index in [9.17, 15) is 0 Å². The number of pyridine rings is 2. The van der Waals surface area contributed by atoms with Crippen molar-refractivity contribution in [2.24, 2.45) is 4.99 Å². The third-order valence-electron chi connectivity index (χ3n) is 10.2. The molecule has 0 bridgehead atoms. The van der Waals surface area contributed by atoms with Gasteiger partial charge in [-0.25, -0.2) is 4.98 Å². The highest BCUT2D eigenvalue weighted by atomic mass is 15.1. The summed E-state index contributed by atoms with van der Waals surface area (Å²) in [6, 6.07) is 56.3. The Hall–Kier alpha value is -6.65. The molecule has 10 rings (SSSR count). The fraction of sp³-hybridized carbons (Fsp3) is 0.0426. The number of aliphatic imine (C=N–C) groups is 1. The van der Waals surface area contributed by atoms with Gasteiger partial charge in [0.15, 0.2) is 0 Å². The molecule has 6 aromatic carbocycles. The number of nitrogens with zero attached hydrogens (tertiary/aromatic N) is 4. The van der Waals surface area contributed by atoms with E-state index in [1.165, 1.54) is 60.4 Å². The molecular weight excluding hydrogens is 621 g/mol. The number of fused-ring (bicyclic) bond motifs is 5. The third-order valence-corrected chi connectivity index (χ3v) is 10.2. The Morgan fingerprint density at radius 1 is 0.471 bits per heavy atom. The first-order chi connectivity index (χ1) is 25.3. The van der Waals surface area contributed by atoms with Crippen molar-refractivity contribution in [3.05, 3.63) is 175 Å². The van der Waals surface area contributed by atoms with Gasteiger partial charge >= 0.3 is 0 Å². The van der Waals surface area contributed by atoms with Gasteiger partial charge in [0.2, 0.25) is 0 Å². The number of aromatic nitrogens is 3. The van der Waals surface area contributed by atoms with E-state index in [1.54, 1.807) is 0 Å². The van der Waals surface area contributed by atoms with Gasteiger partial charge in [-0.15, -0.1) is 0 Å². The van der Waals surface area contributed by atoms with Crippen LogP contribution in [0.3, 0.4) is 0 Å². The van der Waals surface area contributed by atoms with E-state index in [1.807, 2.05) is 24.5 Å². The molecule has 240 valence electrons. The van der Waals surface area contributed by atoms with Crippen LogP contribution in [0.1, 0.15) is 11.3 Å². The molecule has 4 heteroatoms. The van der Waals surface area contributed by atoms with Crippen LogP contribution >= 0.6 is 0 Å². The lowest BCUT2D eigenvalue weighted by atomic mass is 9.86. The van der Waals surface area contributed by atoms with Crippen molar-refractivity contribution in [2.45, 2.75) is 6.42 Å². The molecule has 9 aromatic rings. The largest absolute Gasteiger partial charge is 0.297 e. The molecule has 0 fully saturated rings.